The lowest BCUT2D eigenvalue weighted by molar-refractivity contribution is -0.133. The Kier molecular flexibility index (Phi) is 4.46. The summed E-state index contributed by atoms with van der Waals surface area (Å²) in [4.78, 5) is 14.6. The van der Waals surface area contributed by atoms with Crippen LogP contribution in [0, 0.1) is 0 Å². The summed E-state index contributed by atoms with van der Waals surface area (Å²) in [6, 6.07) is 5.76. The number of halogens is 2. The van der Waals surface area contributed by atoms with Crippen LogP contribution in [0.1, 0.15) is 24.4 Å². The van der Waals surface area contributed by atoms with Gasteiger partial charge in [-0.3, -0.25) is 10.1 Å². The van der Waals surface area contributed by atoms with Gasteiger partial charge in [-0.2, -0.15) is 0 Å². The fourth-order valence-corrected chi connectivity index (χ4v) is 4.09. The summed E-state index contributed by atoms with van der Waals surface area (Å²) in [5.74, 6) is 1.94. The second kappa shape index (κ2) is 6.14. The Bertz CT molecular complexity index is 520. The normalized spacial score (nSPS) is 26.2. The summed E-state index contributed by atoms with van der Waals surface area (Å²) in [5.41, 5.74) is 1.08. The molecule has 3 nitrogen and oxygen atoms in total. The predicted molar refractivity (Wildman–Crippen MR) is 84.4 cm³/mol. The van der Waals surface area contributed by atoms with Crippen molar-refractivity contribution < 1.29 is 4.79 Å². The zero-order valence-corrected chi connectivity index (χ0v) is 13.3. The molecule has 2 saturated heterocycles. The largest absolute Gasteiger partial charge is 0.334 e. The minimum absolute atomic E-state index is 0.0385. The Balaban J connectivity index is 1.80. The molecule has 2 atom stereocenters. The van der Waals surface area contributed by atoms with Crippen LogP contribution in [0.15, 0.2) is 18.2 Å². The molecule has 1 amide bonds. The molecule has 0 radical (unpaired) electrons. The molecule has 0 aliphatic carbocycles. The molecule has 2 heterocycles. The van der Waals surface area contributed by atoms with Crippen LogP contribution >= 0.6 is 35.0 Å². The molecule has 6 heteroatoms. The first-order chi connectivity index (χ1) is 9.66. The molecule has 108 valence electrons. The monoisotopic (exact) mass is 330 g/mol. The van der Waals surface area contributed by atoms with E-state index in [2.05, 4.69) is 5.32 Å². The summed E-state index contributed by atoms with van der Waals surface area (Å²) in [7, 11) is 0. The highest BCUT2D eigenvalue weighted by Gasteiger charge is 2.35. The molecule has 2 aliphatic heterocycles. The van der Waals surface area contributed by atoms with E-state index in [0.717, 1.165) is 36.6 Å². The number of carbonyl (C=O) groups is 1. The van der Waals surface area contributed by atoms with Crippen LogP contribution in [0.5, 0.6) is 0 Å². The molecule has 2 fully saturated rings. The number of thioether (sulfide) groups is 1. The van der Waals surface area contributed by atoms with Gasteiger partial charge >= 0.3 is 0 Å². The maximum absolute atomic E-state index is 12.6. The fourth-order valence-electron chi connectivity index (χ4n) is 2.85. The van der Waals surface area contributed by atoms with E-state index in [9.17, 15) is 4.79 Å². The smallest absolute Gasteiger partial charge is 0.241 e. The van der Waals surface area contributed by atoms with Crippen LogP contribution < -0.4 is 5.32 Å². The van der Waals surface area contributed by atoms with Crippen LogP contribution in [0.2, 0.25) is 10.0 Å². The van der Waals surface area contributed by atoms with E-state index in [-0.39, 0.29) is 18.0 Å². The molecular formula is C14H16Cl2N2OS. The Morgan fingerprint density at radius 2 is 2.20 bits per heavy atom. The Morgan fingerprint density at radius 1 is 1.35 bits per heavy atom. The number of hydrogen-bond acceptors (Lipinski definition) is 3. The van der Waals surface area contributed by atoms with Gasteiger partial charge in [0, 0.05) is 18.2 Å². The number of rotatable bonds is 2. The Labute approximate surface area is 133 Å². The third-order valence-electron chi connectivity index (χ3n) is 3.88. The number of carbonyl (C=O) groups excluding carboxylic acids is 1. The quantitative estimate of drug-likeness (QED) is 0.902. The van der Waals surface area contributed by atoms with Crippen molar-refractivity contribution in [3.05, 3.63) is 33.8 Å². The zero-order valence-electron chi connectivity index (χ0n) is 10.9. The van der Waals surface area contributed by atoms with E-state index in [1.807, 2.05) is 23.1 Å². The molecule has 3 rings (SSSR count). The number of nitrogens with one attached hydrogen (secondary N) is 1. The van der Waals surface area contributed by atoms with Crippen molar-refractivity contribution in [2.45, 2.75) is 24.9 Å². The van der Waals surface area contributed by atoms with Gasteiger partial charge < -0.3 is 4.90 Å². The van der Waals surface area contributed by atoms with Crippen molar-refractivity contribution in [2.24, 2.45) is 0 Å². The molecule has 0 saturated carbocycles. The molecule has 0 spiro atoms. The summed E-state index contributed by atoms with van der Waals surface area (Å²) < 4.78 is 0. The summed E-state index contributed by atoms with van der Waals surface area (Å²) in [6.45, 7) is 0.826. The van der Waals surface area contributed by atoms with Gasteiger partial charge in [0.2, 0.25) is 5.91 Å². The number of hydrogen-bond donors (Lipinski definition) is 1. The number of benzene rings is 1. The Hall–Kier alpha value is -0.420. The topological polar surface area (TPSA) is 32.3 Å². The van der Waals surface area contributed by atoms with E-state index < -0.39 is 0 Å². The first kappa shape index (κ1) is 14.5. The van der Waals surface area contributed by atoms with Gasteiger partial charge in [0.1, 0.15) is 0 Å². The van der Waals surface area contributed by atoms with E-state index in [1.54, 1.807) is 11.8 Å². The van der Waals surface area contributed by atoms with Crippen LogP contribution in [0.3, 0.4) is 0 Å². The van der Waals surface area contributed by atoms with Gasteiger partial charge in [0.25, 0.3) is 0 Å². The average molecular weight is 331 g/mol. The highest BCUT2D eigenvalue weighted by atomic mass is 35.5. The summed E-state index contributed by atoms with van der Waals surface area (Å²) >= 11 is 13.8. The molecule has 1 aromatic carbocycles. The van der Waals surface area contributed by atoms with Crippen molar-refractivity contribution in [1.82, 2.24) is 10.2 Å². The molecule has 0 bridgehead atoms. The molecule has 1 N–H and O–H groups in total. The number of nitrogens with zero attached hydrogens (tertiary/aromatic N) is 1. The zero-order chi connectivity index (χ0) is 14.1. The van der Waals surface area contributed by atoms with Gasteiger partial charge in [-0.15, -0.1) is 11.8 Å². The third-order valence-corrected chi connectivity index (χ3v) is 5.56. The van der Waals surface area contributed by atoms with Crippen LogP contribution in [0.4, 0.5) is 0 Å². The number of amides is 1. The van der Waals surface area contributed by atoms with Crippen molar-refractivity contribution in [3.63, 3.8) is 0 Å². The standard InChI is InChI=1S/C14H16Cl2N2OS/c15-10-4-3-9(6-11(10)16)13-2-1-5-18(13)14(19)12-7-20-8-17-12/h3-4,6,12-13,17H,1-2,5,7-8H2. The minimum atomic E-state index is -0.0385. The highest BCUT2D eigenvalue weighted by molar-refractivity contribution is 7.99. The van der Waals surface area contributed by atoms with Crippen molar-refractivity contribution in [2.75, 3.05) is 18.2 Å². The average Bonchev–Trinajstić information content (AvgIpc) is 3.11. The summed E-state index contributed by atoms with van der Waals surface area (Å²) in [6.07, 6.45) is 2.03. The van der Waals surface area contributed by atoms with Crippen LogP contribution in [0.25, 0.3) is 0 Å². The molecule has 20 heavy (non-hydrogen) atoms. The SMILES string of the molecule is O=C(C1CSCN1)N1CCCC1c1ccc(Cl)c(Cl)c1. The number of likely N-dealkylation sites (tertiary alicyclic amines) is 1. The lowest BCUT2D eigenvalue weighted by Gasteiger charge is -2.27. The van der Waals surface area contributed by atoms with Crippen molar-refractivity contribution >= 4 is 40.9 Å². The lowest BCUT2D eigenvalue weighted by Crippen LogP contribution is -2.44. The van der Waals surface area contributed by atoms with E-state index in [1.165, 1.54) is 0 Å². The molecule has 2 unspecified atom stereocenters. The van der Waals surface area contributed by atoms with E-state index >= 15 is 0 Å². The van der Waals surface area contributed by atoms with Gasteiger partial charge in [-0.25, -0.2) is 0 Å². The first-order valence-corrected chi connectivity index (χ1v) is 8.64. The molecule has 1 aromatic rings. The van der Waals surface area contributed by atoms with Gasteiger partial charge in [0.15, 0.2) is 0 Å². The first-order valence-electron chi connectivity index (χ1n) is 6.73. The van der Waals surface area contributed by atoms with Gasteiger partial charge in [-0.1, -0.05) is 29.3 Å². The van der Waals surface area contributed by atoms with Gasteiger partial charge in [0.05, 0.1) is 22.1 Å². The van der Waals surface area contributed by atoms with Crippen molar-refractivity contribution in [3.8, 4) is 0 Å². The lowest BCUT2D eigenvalue weighted by atomic mass is 10.0. The fraction of sp³-hybridized carbons (Fsp3) is 0.500. The highest BCUT2D eigenvalue weighted by Crippen LogP contribution is 2.35. The Morgan fingerprint density at radius 3 is 2.90 bits per heavy atom. The maximum atomic E-state index is 12.6. The maximum Gasteiger partial charge on any atom is 0.241 e. The predicted octanol–water partition coefficient (Wildman–Crippen LogP) is 3.32. The second-order valence-corrected chi connectivity index (χ2v) is 6.98. The minimum Gasteiger partial charge on any atom is -0.334 e. The third kappa shape index (κ3) is 2.80. The summed E-state index contributed by atoms with van der Waals surface area (Å²) in [5, 5.41) is 4.36. The molecule has 2 aliphatic rings. The van der Waals surface area contributed by atoms with Crippen molar-refractivity contribution in [1.29, 1.82) is 0 Å². The van der Waals surface area contributed by atoms with Crippen LogP contribution in [-0.4, -0.2) is 35.0 Å². The van der Waals surface area contributed by atoms with E-state index in [4.69, 9.17) is 23.2 Å². The van der Waals surface area contributed by atoms with E-state index in [0.29, 0.717) is 10.0 Å². The van der Waals surface area contributed by atoms with Crippen LogP contribution in [-0.2, 0) is 4.79 Å². The molecule has 0 aromatic heterocycles. The molecular weight excluding hydrogens is 315 g/mol. The second-order valence-electron chi connectivity index (χ2n) is 5.14. The van der Waals surface area contributed by atoms with Gasteiger partial charge in [-0.05, 0) is 30.5 Å².